The molecule has 1 aromatic carbocycles. The third-order valence-electron chi connectivity index (χ3n) is 2.84. The van der Waals surface area contributed by atoms with Crippen molar-refractivity contribution in [1.29, 1.82) is 0 Å². The minimum atomic E-state index is -0.256. The maximum atomic E-state index is 13.9. The Balaban J connectivity index is 2.54. The van der Waals surface area contributed by atoms with Crippen LogP contribution in [-0.2, 0) is 6.42 Å². The number of nitrogens with one attached hydrogen (secondary N) is 1. The van der Waals surface area contributed by atoms with Crippen molar-refractivity contribution < 1.29 is 4.39 Å². The van der Waals surface area contributed by atoms with Crippen molar-refractivity contribution in [3.8, 4) is 11.3 Å². The van der Waals surface area contributed by atoms with E-state index in [4.69, 9.17) is 0 Å². The normalized spacial score (nSPS) is 10.5. The lowest BCUT2D eigenvalue weighted by Crippen LogP contribution is -2.04. The zero-order chi connectivity index (χ0) is 13.8. The molecule has 0 aliphatic carbocycles. The molecule has 4 heteroatoms. The minimum Gasteiger partial charge on any atom is -0.370 e. The summed E-state index contributed by atoms with van der Waals surface area (Å²) in [6.07, 6.45) is 0.722. The molecule has 0 fully saturated rings. The molecule has 0 aliphatic heterocycles. The quantitative estimate of drug-likeness (QED) is 0.911. The Bertz CT molecular complexity index is 582. The largest absolute Gasteiger partial charge is 0.370 e. The number of benzene rings is 1. The molecule has 100 valence electrons. The highest BCUT2D eigenvalue weighted by molar-refractivity contribution is 5.64. The Hall–Kier alpha value is -1.97. The summed E-state index contributed by atoms with van der Waals surface area (Å²) < 4.78 is 13.9. The molecule has 0 unspecified atom stereocenters. The van der Waals surface area contributed by atoms with Crippen LogP contribution in [0.1, 0.15) is 25.2 Å². The fourth-order valence-corrected chi connectivity index (χ4v) is 1.90. The summed E-state index contributed by atoms with van der Waals surface area (Å²) in [5, 5.41) is 3.15. The summed E-state index contributed by atoms with van der Waals surface area (Å²) in [6, 6.07) is 6.84. The first-order valence-electron chi connectivity index (χ1n) is 6.52. The van der Waals surface area contributed by atoms with Crippen molar-refractivity contribution in [2.75, 3.05) is 11.9 Å². The van der Waals surface area contributed by atoms with Gasteiger partial charge in [0.2, 0.25) is 0 Å². The zero-order valence-corrected chi connectivity index (χ0v) is 11.5. The van der Waals surface area contributed by atoms with E-state index in [0.29, 0.717) is 17.1 Å². The van der Waals surface area contributed by atoms with Gasteiger partial charge in [-0.15, -0.1) is 0 Å². The van der Waals surface area contributed by atoms with Gasteiger partial charge in [0.15, 0.2) is 0 Å². The first-order chi connectivity index (χ1) is 9.13. The van der Waals surface area contributed by atoms with Crippen molar-refractivity contribution in [3.05, 3.63) is 41.5 Å². The van der Waals surface area contributed by atoms with Gasteiger partial charge in [0.25, 0.3) is 0 Å². The number of aromatic nitrogens is 2. The highest BCUT2D eigenvalue weighted by Gasteiger charge is 2.10. The average Bonchev–Trinajstić information content (AvgIpc) is 2.41. The van der Waals surface area contributed by atoms with Gasteiger partial charge in [0.05, 0.1) is 5.69 Å². The maximum absolute atomic E-state index is 13.9. The molecule has 1 N–H and O–H groups in total. The molecule has 1 aromatic heterocycles. The number of rotatable bonds is 4. The van der Waals surface area contributed by atoms with Crippen LogP contribution in [-0.4, -0.2) is 16.5 Å². The first-order valence-corrected chi connectivity index (χ1v) is 6.52. The van der Waals surface area contributed by atoms with Crippen molar-refractivity contribution in [1.82, 2.24) is 9.97 Å². The molecule has 2 rings (SSSR count). The Morgan fingerprint density at radius 1 is 1.16 bits per heavy atom. The predicted molar refractivity (Wildman–Crippen MR) is 75.7 cm³/mol. The van der Waals surface area contributed by atoms with E-state index in [9.17, 15) is 4.39 Å². The number of anilines is 1. The zero-order valence-electron chi connectivity index (χ0n) is 11.5. The molecule has 0 amide bonds. The van der Waals surface area contributed by atoms with Crippen LogP contribution in [0.5, 0.6) is 0 Å². The van der Waals surface area contributed by atoms with Gasteiger partial charge < -0.3 is 5.32 Å². The third kappa shape index (κ3) is 3.08. The highest BCUT2D eigenvalue weighted by Crippen LogP contribution is 2.24. The number of aryl methyl sites for hydroxylation is 2. The van der Waals surface area contributed by atoms with Crippen LogP contribution in [0.25, 0.3) is 11.3 Å². The molecular weight excluding hydrogens is 241 g/mol. The molecule has 3 nitrogen and oxygen atoms in total. The van der Waals surface area contributed by atoms with E-state index in [1.54, 1.807) is 12.1 Å². The first kappa shape index (κ1) is 13.5. The Morgan fingerprint density at radius 3 is 2.63 bits per heavy atom. The lowest BCUT2D eigenvalue weighted by atomic mass is 10.1. The van der Waals surface area contributed by atoms with Gasteiger partial charge in [-0.05, 0) is 26.0 Å². The summed E-state index contributed by atoms with van der Waals surface area (Å²) in [7, 11) is 0. The SMILES string of the molecule is CCNc1cc(-c2cc(C)ccc2F)nc(CC)n1. The standard InChI is InChI=1S/C15H18FN3/c1-4-14-18-13(9-15(19-14)17-5-2)11-8-10(3)6-7-12(11)16/h6-9H,4-5H2,1-3H3,(H,17,18,19). The molecule has 1 heterocycles. The van der Waals surface area contributed by atoms with Crippen LogP contribution in [0.15, 0.2) is 24.3 Å². The van der Waals surface area contributed by atoms with Crippen LogP contribution >= 0.6 is 0 Å². The lowest BCUT2D eigenvalue weighted by molar-refractivity contribution is 0.630. The second-order valence-corrected chi connectivity index (χ2v) is 4.42. The van der Waals surface area contributed by atoms with Crippen LogP contribution in [0.4, 0.5) is 10.2 Å². The van der Waals surface area contributed by atoms with E-state index in [1.807, 2.05) is 26.8 Å². The second-order valence-electron chi connectivity index (χ2n) is 4.42. The summed E-state index contributed by atoms with van der Waals surface area (Å²) >= 11 is 0. The summed E-state index contributed by atoms with van der Waals surface area (Å²) in [5.41, 5.74) is 2.17. The van der Waals surface area contributed by atoms with Crippen LogP contribution in [0.2, 0.25) is 0 Å². The van der Waals surface area contributed by atoms with E-state index in [0.717, 1.165) is 24.3 Å². The molecule has 2 aromatic rings. The molecule has 0 aliphatic rings. The number of hydrogen-bond donors (Lipinski definition) is 1. The van der Waals surface area contributed by atoms with Gasteiger partial charge in [-0.3, -0.25) is 0 Å². The lowest BCUT2D eigenvalue weighted by Gasteiger charge is -2.09. The van der Waals surface area contributed by atoms with E-state index >= 15 is 0 Å². The third-order valence-corrected chi connectivity index (χ3v) is 2.84. The Labute approximate surface area is 112 Å². The van der Waals surface area contributed by atoms with Gasteiger partial charge in [-0.1, -0.05) is 18.6 Å². The van der Waals surface area contributed by atoms with Crippen molar-refractivity contribution in [2.24, 2.45) is 0 Å². The molecule has 0 bridgehead atoms. The van der Waals surface area contributed by atoms with Crippen LogP contribution in [0, 0.1) is 12.7 Å². The van der Waals surface area contributed by atoms with Gasteiger partial charge >= 0.3 is 0 Å². The Morgan fingerprint density at radius 2 is 1.95 bits per heavy atom. The molecular formula is C15H18FN3. The molecule has 0 saturated carbocycles. The smallest absolute Gasteiger partial charge is 0.132 e. The van der Waals surface area contributed by atoms with E-state index in [2.05, 4.69) is 15.3 Å². The van der Waals surface area contributed by atoms with Gasteiger partial charge in [-0.2, -0.15) is 0 Å². The Kier molecular flexibility index (Phi) is 4.10. The van der Waals surface area contributed by atoms with Gasteiger partial charge in [0, 0.05) is 24.6 Å². The highest BCUT2D eigenvalue weighted by atomic mass is 19.1. The number of halogens is 1. The summed E-state index contributed by atoms with van der Waals surface area (Å²) in [6.45, 7) is 6.70. The summed E-state index contributed by atoms with van der Waals surface area (Å²) in [5.74, 6) is 1.20. The minimum absolute atomic E-state index is 0.256. The second kappa shape index (κ2) is 5.78. The molecule has 0 atom stereocenters. The topological polar surface area (TPSA) is 37.8 Å². The van der Waals surface area contributed by atoms with E-state index < -0.39 is 0 Å². The van der Waals surface area contributed by atoms with Gasteiger partial charge in [0.1, 0.15) is 17.5 Å². The number of nitrogens with zero attached hydrogens (tertiary/aromatic N) is 2. The summed E-state index contributed by atoms with van der Waals surface area (Å²) in [4.78, 5) is 8.79. The number of hydrogen-bond acceptors (Lipinski definition) is 3. The monoisotopic (exact) mass is 259 g/mol. The molecule has 19 heavy (non-hydrogen) atoms. The van der Waals surface area contributed by atoms with Crippen LogP contribution < -0.4 is 5.32 Å². The molecule has 0 spiro atoms. The fourth-order valence-electron chi connectivity index (χ4n) is 1.90. The van der Waals surface area contributed by atoms with Crippen LogP contribution in [0.3, 0.4) is 0 Å². The predicted octanol–water partition coefficient (Wildman–Crippen LogP) is 3.59. The van der Waals surface area contributed by atoms with Gasteiger partial charge in [-0.25, -0.2) is 14.4 Å². The van der Waals surface area contributed by atoms with E-state index in [1.165, 1.54) is 6.07 Å². The average molecular weight is 259 g/mol. The van der Waals surface area contributed by atoms with Crippen molar-refractivity contribution in [2.45, 2.75) is 27.2 Å². The van der Waals surface area contributed by atoms with Crippen molar-refractivity contribution >= 4 is 5.82 Å². The fraction of sp³-hybridized carbons (Fsp3) is 0.333. The van der Waals surface area contributed by atoms with Crippen molar-refractivity contribution in [3.63, 3.8) is 0 Å². The molecule has 0 radical (unpaired) electrons. The van der Waals surface area contributed by atoms with E-state index in [-0.39, 0.29) is 5.82 Å². The molecule has 0 saturated heterocycles. The maximum Gasteiger partial charge on any atom is 0.132 e.